The fourth-order valence-electron chi connectivity index (χ4n) is 2.30. The monoisotopic (exact) mass is 358 g/mol. The first-order chi connectivity index (χ1) is 11.3. The Hall–Kier alpha value is -2.17. The van der Waals surface area contributed by atoms with Crippen molar-refractivity contribution < 1.29 is 32.6 Å². The van der Waals surface area contributed by atoms with E-state index in [0.29, 0.717) is 0 Å². The van der Waals surface area contributed by atoms with Gasteiger partial charge < -0.3 is 19.5 Å². The van der Waals surface area contributed by atoms with E-state index in [1.807, 2.05) is 0 Å². The molecule has 0 saturated carbocycles. The number of carbonyl (C=O) groups excluding carboxylic acids is 1. The average molecular weight is 358 g/mol. The Kier molecular flexibility index (Phi) is 5.42. The summed E-state index contributed by atoms with van der Waals surface area (Å²) < 4.78 is 36.4. The molecule has 0 spiro atoms. The number of methoxy groups -OCH3 is 1. The van der Waals surface area contributed by atoms with Gasteiger partial charge in [0.15, 0.2) is 6.10 Å². The summed E-state index contributed by atoms with van der Waals surface area (Å²) in [7, 11) is -1.24. The molecule has 1 unspecified atom stereocenters. The van der Waals surface area contributed by atoms with Gasteiger partial charge in [0.2, 0.25) is 10.0 Å². The van der Waals surface area contributed by atoms with Crippen LogP contribution in [0.2, 0.25) is 0 Å². The molecule has 10 heteroatoms. The Bertz CT molecular complexity index is 747. The van der Waals surface area contributed by atoms with Crippen molar-refractivity contribution in [2.75, 3.05) is 33.9 Å². The van der Waals surface area contributed by atoms with Crippen LogP contribution in [0.25, 0.3) is 0 Å². The highest BCUT2D eigenvalue weighted by Gasteiger charge is 2.30. The molecule has 2 rings (SSSR count). The Morgan fingerprint density at radius 2 is 2.12 bits per heavy atom. The number of carboxylic acids is 1. The van der Waals surface area contributed by atoms with Crippen molar-refractivity contribution in [1.82, 2.24) is 9.62 Å². The molecule has 0 radical (unpaired) electrons. The lowest BCUT2D eigenvalue weighted by atomic mass is 10.1. The van der Waals surface area contributed by atoms with E-state index >= 15 is 0 Å². The molecule has 0 aliphatic carbocycles. The lowest BCUT2D eigenvalue weighted by Gasteiger charge is -2.31. The molecule has 1 atom stereocenters. The molecular formula is C14H18N2O7S. The fourth-order valence-corrected chi connectivity index (χ4v) is 3.21. The maximum absolute atomic E-state index is 12.6. The molecule has 9 nitrogen and oxygen atoms in total. The number of carbonyl (C=O) groups is 2. The van der Waals surface area contributed by atoms with Crippen molar-refractivity contribution in [3.63, 3.8) is 0 Å². The molecule has 0 bridgehead atoms. The third-order valence-electron chi connectivity index (χ3n) is 3.60. The molecule has 1 heterocycles. The largest absolute Gasteiger partial charge is 0.495 e. The number of sulfonamides is 1. The zero-order chi connectivity index (χ0) is 17.9. The van der Waals surface area contributed by atoms with Crippen molar-refractivity contribution in [2.24, 2.45) is 0 Å². The predicted molar refractivity (Wildman–Crippen MR) is 82.5 cm³/mol. The van der Waals surface area contributed by atoms with Gasteiger partial charge in [0.1, 0.15) is 10.6 Å². The van der Waals surface area contributed by atoms with Crippen LogP contribution in [0.5, 0.6) is 5.75 Å². The quantitative estimate of drug-likeness (QED) is 0.729. The highest BCUT2D eigenvalue weighted by atomic mass is 32.2. The van der Waals surface area contributed by atoms with Gasteiger partial charge >= 0.3 is 5.97 Å². The molecule has 1 amide bonds. The molecule has 24 heavy (non-hydrogen) atoms. The molecule has 1 fully saturated rings. The predicted octanol–water partition coefficient (Wildman–Crippen LogP) is -0.471. The number of hydrogen-bond acceptors (Lipinski definition) is 6. The van der Waals surface area contributed by atoms with Crippen molar-refractivity contribution in [3.05, 3.63) is 23.8 Å². The van der Waals surface area contributed by atoms with Crippen LogP contribution in [0.1, 0.15) is 10.4 Å². The summed E-state index contributed by atoms with van der Waals surface area (Å²) in [6.07, 6.45) is -1.10. The number of nitrogens with zero attached hydrogens (tertiary/aromatic N) is 1. The number of nitrogens with one attached hydrogen (secondary N) is 1. The standard InChI is InChI=1S/C14H18N2O7S/c1-15-24(20,21)12-7-9(3-4-10(12)22-2)13(17)16-5-6-23-11(8-16)14(18)19/h3-4,7,11,15H,5-6,8H2,1-2H3,(H,18,19). The van der Waals surface area contributed by atoms with Gasteiger partial charge in [-0.1, -0.05) is 0 Å². The van der Waals surface area contributed by atoms with E-state index in [0.717, 1.165) is 0 Å². The third kappa shape index (κ3) is 3.66. The van der Waals surface area contributed by atoms with Gasteiger partial charge in [0, 0.05) is 12.1 Å². The molecule has 1 aliphatic rings. The van der Waals surface area contributed by atoms with Gasteiger partial charge in [-0.05, 0) is 25.2 Å². The van der Waals surface area contributed by atoms with E-state index in [-0.39, 0.29) is 35.9 Å². The van der Waals surface area contributed by atoms with Crippen LogP contribution in [0, 0.1) is 0 Å². The summed E-state index contributed by atoms with van der Waals surface area (Å²) in [5, 5.41) is 8.99. The fraction of sp³-hybridized carbons (Fsp3) is 0.429. The van der Waals surface area contributed by atoms with Crippen molar-refractivity contribution in [2.45, 2.75) is 11.0 Å². The maximum Gasteiger partial charge on any atom is 0.334 e. The third-order valence-corrected chi connectivity index (χ3v) is 5.03. The smallest absolute Gasteiger partial charge is 0.334 e. The second-order valence-electron chi connectivity index (χ2n) is 5.02. The Morgan fingerprint density at radius 3 is 2.71 bits per heavy atom. The van der Waals surface area contributed by atoms with Gasteiger partial charge in [-0.15, -0.1) is 0 Å². The Labute approximate surface area is 139 Å². The van der Waals surface area contributed by atoms with E-state index in [2.05, 4.69) is 4.72 Å². The molecule has 1 aromatic carbocycles. The molecule has 1 aliphatic heterocycles. The van der Waals surface area contributed by atoms with Crippen LogP contribution < -0.4 is 9.46 Å². The number of hydrogen-bond donors (Lipinski definition) is 2. The first kappa shape index (κ1) is 18.2. The minimum atomic E-state index is -3.82. The first-order valence-electron chi connectivity index (χ1n) is 7.05. The van der Waals surface area contributed by atoms with E-state index < -0.39 is 28.0 Å². The summed E-state index contributed by atoms with van der Waals surface area (Å²) in [5.41, 5.74) is 0.121. The highest BCUT2D eigenvalue weighted by molar-refractivity contribution is 7.89. The molecular weight excluding hydrogens is 340 g/mol. The van der Waals surface area contributed by atoms with Crippen molar-refractivity contribution in [3.8, 4) is 5.75 Å². The van der Waals surface area contributed by atoms with Crippen molar-refractivity contribution >= 4 is 21.9 Å². The lowest BCUT2D eigenvalue weighted by molar-refractivity contribution is -0.154. The maximum atomic E-state index is 12.6. The molecule has 0 aromatic heterocycles. The van der Waals surface area contributed by atoms with Crippen LogP contribution in [0.3, 0.4) is 0 Å². The SMILES string of the molecule is CNS(=O)(=O)c1cc(C(=O)N2CCOC(C(=O)O)C2)ccc1OC. The van der Waals surface area contributed by atoms with E-state index in [9.17, 15) is 18.0 Å². The molecule has 1 aromatic rings. The van der Waals surface area contributed by atoms with Gasteiger partial charge in [-0.3, -0.25) is 4.79 Å². The summed E-state index contributed by atoms with van der Waals surface area (Å²) in [6.45, 7) is 0.220. The highest BCUT2D eigenvalue weighted by Crippen LogP contribution is 2.25. The van der Waals surface area contributed by atoms with E-state index in [1.165, 1.54) is 37.3 Å². The summed E-state index contributed by atoms with van der Waals surface area (Å²) in [5.74, 6) is -1.52. The Morgan fingerprint density at radius 1 is 1.42 bits per heavy atom. The van der Waals surface area contributed by atoms with Crippen LogP contribution in [-0.4, -0.2) is 70.3 Å². The van der Waals surface area contributed by atoms with Crippen LogP contribution in [0.15, 0.2) is 23.1 Å². The van der Waals surface area contributed by atoms with Crippen LogP contribution in [-0.2, 0) is 19.6 Å². The van der Waals surface area contributed by atoms with E-state index in [1.54, 1.807) is 0 Å². The number of carboxylic acid groups (broad SMARTS) is 1. The number of amides is 1. The lowest BCUT2D eigenvalue weighted by Crippen LogP contribution is -2.48. The van der Waals surface area contributed by atoms with E-state index in [4.69, 9.17) is 14.6 Å². The minimum Gasteiger partial charge on any atom is -0.495 e. The normalized spacial score (nSPS) is 18.2. The second kappa shape index (κ2) is 7.16. The molecule has 132 valence electrons. The number of aliphatic carboxylic acids is 1. The van der Waals surface area contributed by atoms with Gasteiger partial charge in [0.05, 0.1) is 20.3 Å². The second-order valence-corrected chi connectivity index (χ2v) is 6.88. The number of rotatable bonds is 5. The first-order valence-corrected chi connectivity index (χ1v) is 8.53. The Balaban J connectivity index is 2.33. The summed E-state index contributed by atoms with van der Waals surface area (Å²) in [4.78, 5) is 24.7. The number of ether oxygens (including phenoxy) is 2. The van der Waals surface area contributed by atoms with Crippen molar-refractivity contribution in [1.29, 1.82) is 0 Å². The van der Waals surface area contributed by atoms with Gasteiger partial charge in [0.25, 0.3) is 5.91 Å². The summed E-state index contributed by atoms with van der Waals surface area (Å²) in [6, 6.07) is 4.02. The average Bonchev–Trinajstić information content (AvgIpc) is 2.60. The number of morpholine rings is 1. The number of benzene rings is 1. The van der Waals surface area contributed by atoms with Gasteiger partial charge in [-0.2, -0.15) is 0 Å². The van der Waals surface area contributed by atoms with Crippen LogP contribution >= 0.6 is 0 Å². The zero-order valence-electron chi connectivity index (χ0n) is 13.2. The topological polar surface area (TPSA) is 122 Å². The van der Waals surface area contributed by atoms with Crippen LogP contribution in [0.4, 0.5) is 0 Å². The van der Waals surface area contributed by atoms with Gasteiger partial charge in [-0.25, -0.2) is 17.9 Å². The molecule has 1 saturated heterocycles. The minimum absolute atomic E-state index is 0.0978. The summed E-state index contributed by atoms with van der Waals surface area (Å²) >= 11 is 0. The zero-order valence-corrected chi connectivity index (χ0v) is 14.0. The molecule has 2 N–H and O–H groups in total.